The lowest BCUT2D eigenvalue weighted by molar-refractivity contribution is 0.0746. The topological polar surface area (TPSA) is 26.7 Å². The monoisotopic (exact) mass is 308 g/mol. The van der Waals surface area contributed by atoms with Gasteiger partial charge in [-0.15, -0.1) is 0 Å². The van der Waals surface area contributed by atoms with Crippen LogP contribution in [0.3, 0.4) is 0 Å². The van der Waals surface area contributed by atoms with Crippen LogP contribution in [0.4, 0.5) is 0 Å². The van der Waals surface area contributed by atoms with Crippen molar-refractivity contribution in [2.24, 2.45) is 0 Å². The summed E-state index contributed by atoms with van der Waals surface area (Å²) >= 11 is 0. The molecule has 2 heterocycles. The summed E-state index contributed by atoms with van der Waals surface area (Å²) in [5.41, 5.74) is 4.22. The minimum Gasteiger partial charge on any atom is -0.390 e. The van der Waals surface area contributed by atoms with Crippen molar-refractivity contribution in [3.05, 3.63) is 71.3 Å². The minimum atomic E-state index is -0.246. The first-order chi connectivity index (χ1) is 11.3. The van der Waals surface area contributed by atoms with Crippen LogP contribution in [0.5, 0.6) is 0 Å². The third-order valence-electron chi connectivity index (χ3n) is 5.21. The number of fused-ring (bicyclic) bond motifs is 1. The number of hydrogen-bond donors (Lipinski definition) is 1. The number of nitrogens with zero attached hydrogens (tertiary/aromatic N) is 2. The molecule has 2 aliphatic rings. The van der Waals surface area contributed by atoms with Crippen LogP contribution < -0.4 is 0 Å². The molecule has 1 saturated heterocycles. The van der Waals surface area contributed by atoms with Crippen molar-refractivity contribution in [2.75, 3.05) is 19.6 Å². The largest absolute Gasteiger partial charge is 0.390 e. The van der Waals surface area contributed by atoms with E-state index in [0.717, 1.165) is 39.1 Å². The maximum atomic E-state index is 10.6. The molecule has 0 radical (unpaired) electrons. The second-order valence-corrected chi connectivity index (χ2v) is 6.80. The summed E-state index contributed by atoms with van der Waals surface area (Å²) < 4.78 is 0. The van der Waals surface area contributed by atoms with Crippen LogP contribution in [0.2, 0.25) is 0 Å². The van der Waals surface area contributed by atoms with Gasteiger partial charge in [0.15, 0.2) is 0 Å². The predicted molar refractivity (Wildman–Crippen MR) is 92.1 cm³/mol. The smallest absolute Gasteiger partial charge is 0.0834 e. The predicted octanol–water partition coefficient (Wildman–Crippen LogP) is 2.29. The normalized spacial score (nSPS) is 25.4. The molecular weight excluding hydrogens is 284 g/mol. The highest BCUT2D eigenvalue weighted by molar-refractivity contribution is 5.29. The fourth-order valence-corrected chi connectivity index (χ4v) is 3.98. The van der Waals surface area contributed by atoms with E-state index in [1.807, 2.05) is 0 Å². The van der Waals surface area contributed by atoms with Gasteiger partial charge in [0.2, 0.25) is 0 Å². The maximum absolute atomic E-state index is 10.6. The average Bonchev–Trinajstić information content (AvgIpc) is 2.95. The van der Waals surface area contributed by atoms with Crippen LogP contribution in [0, 0.1) is 0 Å². The highest BCUT2D eigenvalue weighted by Crippen LogP contribution is 2.25. The molecule has 2 atom stereocenters. The Morgan fingerprint density at radius 3 is 2.48 bits per heavy atom. The van der Waals surface area contributed by atoms with E-state index >= 15 is 0 Å². The van der Waals surface area contributed by atoms with Gasteiger partial charge in [-0.3, -0.25) is 9.80 Å². The van der Waals surface area contributed by atoms with Crippen LogP contribution in [0.25, 0.3) is 0 Å². The molecule has 4 rings (SSSR count). The highest BCUT2D eigenvalue weighted by atomic mass is 16.3. The lowest BCUT2D eigenvalue weighted by Gasteiger charge is -2.34. The molecule has 2 aliphatic heterocycles. The summed E-state index contributed by atoms with van der Waals surface area (Å²) in [6.07, 6.45) is 0.849. The molecule has 3 heteroatoms. The summed E-state index contributed by atoms with van der Waals surface area (Å²) in [5, 5.41) is 10.6. The van der Waals surface area contributed by atoms with Crippen molar-refractivity contribution >= 4 is 0 Å². The van der Waals surface area contributed by atoms with Gasteiger partial charge >= 0.3 is 0 Å². The van der Waals surface area contributed by atoms with E-state index in [1.165, 1.54) is 16.7 Å². The number of benzene rings is 2. The van der Waals surface area contributed by atoms with E-state index in [9.17, 15) is 5.11 Å². The molecule has 1 fully saturated rings. The molecule has 120 valence electrons. The first-order valence-electron chi connectivity index (χ1n) is 8.55. The summed E-state index contributed by atoms with van der Waals surface area (Å²) in [7, 11) is 0. The van der Waals surface area contributed by atoms with E-state index in [1.54, 1.807) is 0 Å². The van der Waals surface area contributed by atoms with E-state index in [2.05, 4.69) is 64.4 Å². The van der Waals surface area contributed by atoms with Gasteiger partial charge in [-0.05, 0) is 23.1 Å². The van der Waals surface area contributed by atoms with Crippen molar-refractivity contribution < 1.29 is 5.11 Å². The highest BCUT2D eigenvalue weighted by Gasteiger charge is 2.36. The number of rotatable bonds is 3. The second kappa shape index (κ2) is 6.44. The van der Waals surface area contributed by atoms with Crippen molar-refractivity contribution in [1.29, 1.82) is 0 Å². The first kappa shape index (κ1) is 14.9. The number of aliphatic hydroxyl groups is 1. The van der Waals surface area contributed by atoms with Gasteiger partial charge in [-0.1, -0.05) is 54.6 Å². The Morgan fingerprint density at radius 1 is 0.913 bits per heavy atom. The Morgan fingerprint density at radius 2 is 1.65 bits per heavy atom. The van der Waals surface area contributed by atoms with Gasteiger partial charge in [0, 0.05) is 38.8 Å². The molecule has 1 N–H and O–H groups in total. The molecule has 0 bridgehead atoms. The van der Waals surface area contributed by atoms with Crippen molar-refractivity contribution in [2.45, 2.75) is 31.7 Å². The standard InChI is InChI=1S/C20H24N2O/c23-20-15-21(12-16-6-2-1-3-7-16)14-19(20)22-11-10-17-8-4-5-9-18(17)13-22/h1-9,19-20,23H,10-15H2/t19-,20-/m1/s1. The number of hydrogen-bond acceptors (Lipinski definition) is 3. The molecule has 0 spiro atoms. The lowest BCUT2D eigenvalue weighted by atomic mass is 9.98. The van der Waals surface area contributed by atoms with Crippen LogP contribution in [0.15, 0.2) is 54.6 Å². The molecule has 0 amide bonds. The third-order valence-corrected chi connectivity index (χ3v) is 5.21. The molecule has 0 unspecified atom stereocenters. The maximum Gasteiger partial charge on any atom is 0.0834 e. The van der Waals surface area contributed by atoms with E-state index in [0.29, 0.717) is 0 Å². The van der Waals surface area contributed by atoms with Gasteiger partial charge in [0.05, 0.1) is 6.10 Å². The molecule has 0 aromatic heterocycles. The zero-order chi connectivity index (χ0) is 15.6. The minimum absolute atomic E-state index is 0.246. The third kappa shape index (κ3) is 3.18. The zero-order valence-electron chi connectivity index (χ0n) is 13.4. The van der Waals surface area contributed by atoms with Crippen LogP contribution >= 0.6 is 0 Å². The van der Waals surface area contributed by atoms with Crippen molar-refractivity contribution in [3.8, 4) is 0 Å². The summed E-state index contributed by atoms with van der Waals surface area (Å²) in [6.45, 7) is 4.68. The number of likely N-dealkylation sites (tertiary alicyclic amines) is 1. The lowest BCUT2D eigenvalue weighted by Crippen LogP contribution is -2.45. The Balaban J connectivity index is 1.42. The average molecular weight is 308 g/mol. The number of aliphatic hydroxyl groups excluding tert-OH is 1. The fraction of sp³-hybridized carbons (Fsp3) is 0.400. The molecule has 23 heavy (non-hydrogen) atoms. The van der Waals surface area contributed by atoms with Crippen LogP contribution in [-0.2, 0) is 19.5 Å². The SMILES string of the molecule is O[C@@H]1CN(Cc2ccccc2)C[C@H]1N1CCc2ccccc2C1. The molecular formula is C20H24N2O. The van der Waals surface area contributed by atoms with Gasteiger partial charge in [0.1, 0.15) is 0 Å². The van der Waals surface area contributed by atoms with E-state index in [4.69, 9.17) is 0 Å². The van der Waals surface area contributed by atoms with Crippen molar-refractivity contribution in [1.82, 2.24) is 9.80 Å². The van der Waals surface area contributed by atoms with Gasteiger partial charge < -0.3 is 5.11 Å². The van der Waals surface area contributed by atoms with Gasteiger partial charge in [-0.2, -0.15) is 0 Å². The molecule has 3 nitrogen and oxygen atoms in total. The Labute approximate surface area is 138 Å². The second-order valence-electron chi connectivity index (χ2n) is 6.80. The zero-order valence-corrected chi connectivity index (χ0v) is 13.4. The van der Waals surface area contributed by atoms with Crippen LogP contribution in [0.1, 0.15) is 16.7 Å². The van der Waals surface area contributed by atoms with Crippen molar-refractivity contribution in [3.63, 3.8) is 0 Å². The van der Waals surface area contributed by atoms with Gasteiger partial charge in [-0.25, -0.2) is 0 Å². The Kier molecular flexibility index (Phi) is 4.17. The molecule has 2 aromatic rings. The summed E-state index contributed by atoms with van der Waals surface area (Å²) in [5.74, 6) is 0. The number of β-amino-alcohol motifs (C(OH)–C–C–N with tert-alkyl or cyclic N) is 1. The molecule has 0 aliphatic carbocycles. The summed E-state index contributed by atoms with van der Waals surface area (Å²) in [4.78, 5) is 4.85. The Bertz CT molecular complexity index is 658. The summed E-state index contributed by atoms with van der Waals surface area (Å²) in [6, 6.07) is 19.5. The first-order valence-corrected chi connectivity index (χ1v) is 8.55. The fourth-order valence-electron chi connectivity index (χ4n) is 3.98. The van der Waals surface area contributed by atoms with E-state index in [-0.39, 0.29) is 12.1 Å². The van der Waals surface area contributed by atoms with Crippen LogP contribution in [-0.4, -0.2) is 46.7 Å². The Hall–Kier alpha value is -1.68. The quantitative estimate of drug-likeness (QED) is 0.942. The van der Waals surface area contributed by atoms with E-state index < -0.39 is 0 Å². The molecule has 2 aromatic carbocycles. The van der Waals surface area contributed by atoms with Gasteiger partial charge in [0.25, 0.3) is 0 Å². The molecule has 0 saturated carbocycles.